The lowest BCUT2D eigenvalue weighted by Crippen LogP contribution is -2.10. The van der Waals surface area contributed by atoms with Gasteiger partial charge in [-0.1, -0.05) is 115 Å². The molecule has 1 unspecified atom stereocenters. The number of nitrogens with zero attached hydrogens (tertiary/aromatic N) is 2. The van der Waals surface area contributed by atoms with Crippen LogP contribution in [0.2, 0.25) is 0 Å². The van der Waals surface area contributed by atoms with E-state index in [-0.39, 0.29) is 0 Å². The number of hydrogen-bond donors (Lipinski definition) is 0. The van der Waals surface area contributed by atoms with Crippen molar-refractivity contribution < 1.29 is 4.74 Å². The standard InChI is InChI=1S/C50H38N2O/c1-4-12-35(13-5-1)37-20-24-40(25-21-37)51(41-26-22-38(23-27-41)36-14-6-2-7-15-36)42-28-30-43(31-29-42)52-48-18-9-3-8-17-46(48)47-34-44-32-39(33-49(47)52)45-16-10-11-19-50(45)53-44/h1-2,4-14,16-31,33-34,36H,3,15,32H2. The van der Waals surface area contributed by atoms with Gasteiger partial charge >= 0.3 is 0 Å². The summed E-state index contributed by atoms with van der Waals surface area (Å²) in [5.74, 6) is 2.32. The zero-order valence-electron chi connectivity index (χ0n) is 29.4. The van der Waals surface area contributed by atoms with Crippen molar-refractivity contribution in [2.75, 3.05) is 4.90 Å². The van der Waals surface area contributed by atoms with Crippen molar-refractivity contribution in [3.8, 4) is 22.6 Å². The molecule has 5 aromatic carbocycles. The van der Waals surface area contributed by atoms with Crippen LogP contribution in [-0.2, 0) is 0 Å². The van der Waals surface area contributed by atoms with Crippen LogP contribution in [-0.4, -0.2) is 4.57 Å². The zero-order chi connectivity index (χ0) is 35.1. The average Bonchev–Trinajstić information content (AvgIpc) is 3.36. The van der Waals surface area contributed by atoms with Crippen molar-refractivity contribution in [2.45, 2.75) is 25.2 Å². The molecule has 1 atom stereocenters. The molecule has 2 heterocycles. The molecule has 0 N–H and O–H groups in total. The number of aromatic nitrogens is 1. The molecule has 0 spiro atoms. The lowest BCUT2D eigenvalue weighted by atomic mass is 9.92. The van der Waals surface area contributed by atoms with Crippen LogP contribution in [0.4, 0.5) is 17.1 Å². The van der Waals surface area contributed by atoms with Crippen molar-refractivity contribution in [1.29, 1.82) is 0 Å². The molecule has 0 saturated heterocycles. The van der Waals surface area contributed by atoms with Gasteiger partial charge in [0, 0.05) is 51.8 Å². The van der Waals surface area contributed by atoms with E-state index < -0.39 is 0 Å². The summed E-state index contributed by atoms with van der Waals surface area (Å²) in [5, 5.41) is 0. The maximum absolute atomic E-state index is 6.43. The van der Waals surface area contributed by atoms with Crippen LogP contribution in [0, 0.1) is 0 Å². The van der Waals surface area contributed by atoms with Crippen molar-refractivity contribution >= 4 is 46.9 Å². The molecule has 254 valence electrons. The van der Waals surface area contributed by atoms with Crippen molar-refractivity contribution in [3.63, 3.8) is 0 Å². The van der Waals surface area contributed by atoms with Gasteiger partial charge in [-0.2, -0.15) is 0 Å². The van der Waals surface area contributed by atoms with Gasteiger partial charge in [0.1, 0.15) is 11.5 Å². The van der Waals surface area contributed by atoms with Gasteiger partial charge in [0.15, 0.2) is 0 Å². The number of ether oxygens (including phenoxy) is 1. The monoisotopic (exact) mass is 682 g/mol. The Morgan fingerprint density at radius 3 is 2.06 bits per heavy atom. The fraction of sp³-hybridized carbons (Fsp3) is 0.0800. The number of fused-ring (bicyclic) bond motifs is 7. The van der Waals surface area contributed by atoms with E-state index in [1.165, 1.54) is 44.8 Å². The first-order valence-corrected chi connectivity index (χ1v) is 18.6. The smallest absolute Gasteiger partial charge is 0.134 e. The first-order chi connectivity index (χ1) is 26.3. The number of anilines is 3. The summed E-state index contributed by atoms with van der Waals surface area (Å²) >= 11 is 0. The van der Waals surface area contributed by atoms with Gasteiger partial charge < -0.3 is 14.2 Å². The highest BCUT2D eigenvalue weighted by molar-refractivity contribution is 5.94. The molecule has 3 heteroatoms. The van der Waals surface area contributed by atoms with Gasteiger partial charge in [-0.25, -0.2) is 0 Å². The summed E-state index contributed by atoms with van der Waals surface area (Å²) in [6.07, 6.45) is 25.3. The van der Waals surface area contributed by atoms with Gasteiger partial charge in [0.2, 0.25) is 0 Å². The molecular formula is C50H38N2O. The first-order valence-electron chi connectivity index (χ1n) is 18.6. The summed E-state index contributed by atoms with van der Waals surface area (Å²) < 4.78 is 8.86. The Balaban J connectivity index is 1.07. The van der Waals surface area contributed by atoms with E-state index in [1.807, 2.05) is 6.07 Å². The number of benzene rings is 5. The minimum Gasteiger partial charge on any atom is -0.461 e. The predicted molar refractivity (Wildman–Crippen MR) is 222 cm³/mol. The summed E-state index contributed by atoms with van der Waals surface area (Å²) in [6, 6.07) is 46.1. The summed E-state index contributed by atoms with van der Waals surface area (Å²) in [6.45, 7) is 0. The molecule has 53 heavy (non-hydrogen) atoms. The molecular weight excluding hydrogens is 645 g/mol. The van der Waals surface area contributed by atoms with Crippen molar-refractivity contribution in [2.24, 2.45) is 0 Å². The molecule has 1 aromatic heterocycles. The molecule has 2 bridgehead atoms. The molecule has 0 saturated carbocycles. The van der Waals surface area contributed by atoms with Crippen LogP contribution in [0.5, 0.6) is 5.75 Å². The van der Waals surface area contributed by atoms with E-state index in [1.54, 1.807) is 0 Å². The molecule has 0 radical (unpaired) electrons. The summed E-state index contributed by atoms with van der Waals surface area (Å²) in [7, 11) is 0. The minimum absolute atomic E-state index is 0.410. The van der Waals surface area contributed by atoms with Gasteiger partial charge in [0.05, 0.1) is 11.4 Å². The fourth-order valence-corrected chi connectivity index (χ4v) is 8.15. The molecule has 0 fully saturated rings. The maximum Gasteiger partial charge on any atom is 0.134 e. The summed E-state index contributed by atoms with van der Waals surface area (Å²) in [4.78, 5) is 2.36. The number of hydrogen-bond acceptors (Lipinski definition) is 2. The Morgan fingerprint density at radius 1 is 0.585 bits per heavy atom. The van der Waals surface area contributed by atoms with E-state index >= 15 is 0 Å². The second kappa shape index (κ2) is 13.2. The van der Waals surface area contributed by atoms with Gasteiger partial charge in [-0.3, -0.25) is 0 Å². The van der Waals surface area contributed by atoms with Gasteiger partial charge in [-0.05, 0) is 108 Å². The second-order valence-electron chi connectivity index (χ2n) is 14.0. The third-order valence-electron chi connectivity index (χ3n) is 10.8. The van der Waals surface area contributed by atoms with Gasteiger partial charge in [0.25, 0.3) is 0 Å². The van der Waals surface area contributed by atoms with E-state index in [9.17, 15) is 0 Å². The highest BCUT2D eigenvalue weighted by atomic mass is 16.5. The van der Waals surface area contributed by atoms with Crippen molar-refractivity contribution in [1.82, 2.24) is 4.57 Å². The molecule has 3 nitrogen and oxygen atoms in total. The molecule has 6 aromatic rings. The largest absolute Gasteiger partial charge is 0.461 e. The van der Waals surface area contributed by atoms with Crippen LogP contribution in [0.3, 0.4) is 0 Å². The van der Waals surface area contributed by atoms with E-state index in [2.05, 4.69) is 192 Å². The third kappa shape index (κ3) is 5.71. The van der Waals surface area contributed by atoms with Crippen molar-refractivity contribution in [3.05, 3.63) is 203 Å². The van der Waals surface area contributed by atoms with E-state index in [0.29, 0.717) is 5.92 Å². The Bertz CT molecular complexity index is 2520. The van der Waals surface area contributed by atoms with E-state index in [4.69, 9.17) is 4.74 Å². The highest BCUT2D eigenvalue weighted by Gasteiger charge is 2.27. The molecule has 10 rings (SSSR count). The van der Waals surface area contributed by atoms with Crippen LogP contribution < -0.4 is 9.64 Å². The molecule has 0 amide bonds. The SMILES string of the molecule is C1=CCC(c2ccc(N(c3ccc(-c4ccccc4)cc3)c3ccc(-n4c5c(c6c4C=C4CC(=C6)Oc6ccccc64)C=CCC=C5)cc3)cc2)C=C1. The molecule has 4 aliphatic rings. The lowest BCUT2D eigenvalue weighted by molar-refractivity contribution is 0.412. The predicted octanol–water partition coefficient (Wildman–Crippen LogP) is 13.3. The van der Waals surface area contributed by atoms with E-state index in [0.717, 1.165) is 59.1 Å². The number of allylic oxidation sites excluding steroid dienone is 7. The topological polar surface area (TPSA) is 17.4 Å². The molecule has 3 aliphatic carbocycles. The Labute approximate surface area is 311 Å². The highest BCUT2D eigenvalue weighted by Crippen LogP contribution is 2.45. The quantitative estimate of drug-likeness (QED) is 0.174. The Hall–Kier alpha value is -6.58. The Morgan fingerprint density at radius 2 is 1.28 bits per heavy atom. The third-order valence-corrected chi connectivity index (χ3v) is 10.8. The summed E-state index contributed by atoms with van der Waals surface area (Å²) in [5.41, 5.74) is 15.5. The maximum atomic E-state index is 6.43. The fourth-order valence-electron chi connectivity index (χ4n) is 8.15. The van der Waals surface area contributed by atoms with Crippen LogP contribution in [0.25, 0.3) is 46.7 Å². The van der Waals surface area contributed by atoms with Crippen LogP contribution in [0.15, 0.2) is 170 Å². The number of para-hydroxylation sites is 1. The number of rotatable bonds is 6. The normalized spacial score (nSPS) is 16.3. The van der Waals surface area contributed by atoms with Crippen LogP contribution in [0.1, 0.15) is 58.8 Å². The van der Waals surface area contributed by atoms with Crippen LogP contribution >= 0.6 is 0 Å². The first kappa shape index (κ1) is 31.2. The zero-order valence-corrected chi connectivity index (χ0v) is 29.4. The lowest BCUT2D eigenvalue weighted by Gasteiger charge is -2.27. The Kier molecular flexibility index (Phi) is 7.76. The van der Waals surface area contributed by atoms with Gasteiger partial charge in [-0.15, -0.1) is 0 Å². The average molecular weight is 683 g/mol. The second-order valence-corrected chi connectivity index (χ2v) is 14.0. The minimum atomic E-state index is 0.410. The molecule has 1 aliphatic heterocycles.